The fourth-order valence-electron chi connectivity index (χ4n) is 2.82. The standard InChI is InChI=1S/C18H12N6/c1-2-7-14-13(6-1)21-18(22-14)17-11-9-15(12-5-3-4-8-19-12)20-10-16(11)23-24-17/h1-10H,(H,21,22)(H,23,24). The summed E-state index contributed by atoms with van der Waals surface area (Å²) in [6.45, 7) is 0. The minimum absolute atomic E-state index is 0.737. The van der Waals surface area contributed by atoms with Crippen molar-refractivity contribution in [1.82, 2.24) is 30.1 Å². The number of fused-ring (bicyclic) bond motifs is 2. The van der Waals surface area contributed by atoms with E-state index in [2.05, 4.69) is 30.1 Å². The molecular weight excluding hydrogens is 300 g/mol. The second-order valence-electron chi connectivity index (χ2n) is 5.50. The van der Waals surface area contributed by atoms with E-state index in [1.54, 1.807) is 12.4 Å². The van der Waals surface area contributed by atoms with E-state index in [-0.39, 0.29) is 0 Å². The van der Waals surface area contributed by atoms with Gasteiger partial charge in [0.1, 0.15) is 5.69 Å². The summed E-state index contributed by atoms with van der Waals surface area (Å²) >= 11 is 0. The lowest BCUT2D eigenvalue weighted by Gasteiger charge is -2.00. The van der Waals surface area contributed by atoms with Crippen molar-refractivity contribution in [3.63, 3.8) is 0 Å². The number of pyridine rings is 2. The quantitative estimate of drug-likeness (QED) is 0.522. The average molecular weight is 312 g/mol. The maximum absolute atomic E-state index is 4.63. The molecular formula is C18H12N6. The van der Waals surface area contributed by atoms with Gasteiger partial charge in [-0.2, -0.15) is 5.10 Å². The van der Waals surface area contributed by atoms with Crippen LogP contribution in [0.2, 0.25) is 0 Å². The first-order chi connectivity index (χ1) is 11.9. The van der Waals surface area contributed by atoms with Crippen LogP contribution in [-0.4, -0.2) is 30.1 Å². The van der Waals surface area contributed by atoms with Crippen molar-refractivity contribution in [3.8, 4) is 22.9 Å². The number of nitrogens with zero attached hydrogens (tertiary/aromatic N) is 4. The third-order valence-corrected chi connectivity index (χ3v) is 3.99. The highest BCUT2D eigenvalue weighted by atomic mass is 15.1. The molecule has 4 heterocycles. The second-order valence-corrected chi connectivity index (χ2v) is 5.50. The number of aromatic nitrogens is 6. The van der Waals surface area contributed by atoms with Gasteiger partial charge in [-0.15, -0.1) is 0 Å². The predicted octanol–water partition coefficient (Wildman–Crippen LogP) is 3.56. The topological polar surface area (TPSA) is 83.1 Å². The van der Waals surface area contributed by atoms with Crippen molar-refractivity contribution in [2.24, 2.45) is 0 Å². The summed E-state index contributed by atoms with van der Waals surface area (Å²) in [5.41, 5.74) is 5.19. The lowest BCUT2D eigenvalue weighted by atomic mass is 10.1. The zero-order valence-corrected chi connectivity index (χ0v) is 12.6. The Kier molecular flexibility index (Phi) is 2.69. The molecule has 6 nitrogen and oxygen atoms in total. The highest BCUT2D eigenvalue weighted by molar-refractivity contribution is 5.94. The van der Waals surface area contributed by atoms with Crippen LogP contribution in [0.15, 0.2) is 60.9 Å². The Labute approximate surface area is 136 Å². The minimum atomic E-state index is 0.737. The van der Waals surface area contributed by atoms with Gasteiger partial charge in [0.2, 0.25) is 0 Å². The summed E-state index contributed by atoms with van der Waals surface area (Å²) in [7, 11) is 0. The van der Waals surface area contributed by atoms with Gasteiger partial charge in [0.05, 0.1) is 34.1 Å². The Morgan fingerprint density at radius 3 is 2.62 bits per heavy atom. The largest absolute Gasteiger partial charge is 0.337 e. The van der Waals surface area contributed by atoms with E-state index in [4.69, 9.17) is 0 Å². The lowest BCUT2D eigenvalue weighted by Crippen LogP contribution is -1.87. The van der Waals surface area contributed by atoms with E-state index < -0.39 is 0 Å². The second kappa shape index (κ2) is 4.99. The van der Waals surface area contributed by atoms with Crippen LogP contribution >= 0.6 is 0 Å². The number of benzene rings is 1. The highest BCUT2D eigenvalue weighted by Crippen LogP contribution is 2.28. The number of H-pyrrole nitrogens is 2. The van der Waals surface area contributed by atoms with Crippen molar-refractivity contribution in [2.75, 3.05) is 0 Å². The number of hydrogen-bond acceptors (Lipinski definition) is 4. The Hall–Kier alpha value is -3.54. The molecule has 0 atom stereocenters. The summed E-state index contributed by atoms with van der Waals surface area (Å²) < 4.78 is 0. The van der Waals surface area contributed by atoms with Crippen LogP contribution in [0.25, 0.3) is 44.8 Å². The zero-order chi connectivity index (χ0) is 15.9. The molecule has 114 valence electrons. The van der Waals surface area contributed by atoms with Gasteiger partial charge in [-0.25, -0.2) is 4.98 Å². The number of para-hydroxylation sites is 2. The van der Waals surface area contributed by atoms with Gasteiger partial charge in [0.15, 0.2) is 5.82 Å². The number of hydrogen-bond donors (Lipinski definition) is 2. The molecule has 0 fully saturated rings. The SMILES string of the molecule is c1ccc(-c2cc3c(-c4nc5ccccc5[nH]4)n[nH]c3cn2)nc1. The molecule has 0 amide bonds. The molecule has 6 heteroatoms. The first-order valence-corrected chi connectivity index (χ1v) is 7.59. The zero-order valence-electron chi connectivity index (χ0n) is 12.6. The van der Waals surface area contributed by atoms with Gasteiger partial charge in [0, 0.05) is 11.6 Å². The van der Waals surface area contributed by atoms with Crippen LogP contribution in [0, 0.1) is 0 Å². The molecule has 4 aromatic heterocycles. The van der Waals surface area contributed by atoms with Gasteiger partial charge >= 0.3 is 0 Å². The predicted molar refractivity (Wildman–Crippen MR) is 92.2 cm³/mol. The Morgan fingerprint density at radius 1 is 0.833 bits per heavy atom. The average Bonchev–Trinajstić information content (AvgIpc) is 3.25. The van der Waals surface area contributed by atoms with E-state index in [0.29, 0.717) is 0 Å². The molecule has 0 unspecified atom stereocenters. The van der Waals surface area contributed by atoms with Crippen LogP contribution in [0.3, 0.4) is 0 Å². The van der Waals surface area contributed by atoms with Gasteiger partial charge in [-0.3, -0.25) is 15.1 Å². The number of nitrogens with one attached hydrogen (secondary N) is 2. The van der Waals surface area contributed by atoms with E-state index in [1.807, 2.05) is 48.5 Å². The van der Waals surface area contributed by atoms with Crippen LogP contribution in [0.1, 0.15) is 0 Å². The first kappa shape index (κ1) is 13.0. The summed E-state index contributed by atoms with van der Waals surface area (Å²) in [6.07, 6.45) is 3.54. The fraction of sp³-hybridized carbons (Fsp3) is 0. The van der Waals surface area contributed by atoms with Crippen molar-refractivity contribution >= 4 is 21.9 Å². The maximum atomic E-state index is 4.63. The molecule has 5 rings (SSSR count). The molecule has 0 aliphatic rings. The van der Waals surface area contributed by atoms with Crippen LogP contribution in [0.4, 0.5) is 0 Å². The first-order valence-electron chi connectivity index (χ1n) is 7.59. The number of rotatable bonds is 2. The lowest BCUT2D eigenvalue weighted by molar-refractivity contribution is 1.10. The minimum Gasteiger partial charge on any atom is -0.337 e. The van der Waals surface area contributed by atoms with Crippen molar-refractivity contribution in [3.05, 3.63) is 60.9 Å². The molecule has 0 saturated heterocycles. The summed E-state index contributed by atoms with van der Waals surface area (Å²) in [5, 5.41) is 8.40. The molecule has 0 spiro atoms. The molecule has 5 aromatic rings. The molecule has 0 aliphatic carbocycles. The highest BCUT2D eigenvalue weighted by Gasteiger charge is 2.14. The molecule has 2 N–H and O–H groups in total. The van der Waals surface area contributed by atoms with Gasteiger partial charge in [-0.05, 0) is 30.3 Å². The third-order valence-electron chi connectivity index (χ3n) is 3.99. The maximum Gasteiger partial charge on any atom is 0.159 e. The van der Waals surface area contributed by atoms with Crippen molar-refractivity contribution in [1.29, 1.82) is 0 Å². The Bertz CT molecular complexity index is 1120. The normalized spacial score (nSPS) is 11.3. The monoisotopic (exact) mass is 312 g/mol. The van der Waals surface area contributed by atoms with Gasteiger partial charge in [0.25, 0.3) is 0 Å². The van der Waals surface area contributed by atoms with E-state index in [9.17, 15) is 0 Å². The van der Waals surface area contributed by atoms with E-state index in [1.165, 1.54) is 0 Å². The summed E-state index contributed by atoms with van der Waals surface area (Å²) in [4.78, 5) is 16.8. The van der Waals surface area contributed by atoms with Crippen molar-refractivity contribution in [2.45, 2.75) is 0 Å². The summed E-state index contributed by atoms with van der Waals surface area (Å²) in [6, 6.07) is 15.7. The fourth-order valence-corrected chi connectivity index (χ4v) is 2.82. The van der Waals surface area contributed by atoms with Crippen molar-refractivity contribution < 1.29 is 0 Å². The molecule has 0 radical (unpaired) electrons. The molecule has 0 saturated carbocycles. The Morgan fingerprint density at radius 2 is 1.75 bits per heavy atom. The third kappa shape index (κ3) is 1.97. The number of aromatic amines is 2. The van der Waals surface area contributed by atoms with Crippen LogP contribution in [0.5, 0.6) is 0 Å². The smallest absolute Gasteiger partial charge is 0.159 e. The molecule has 24 heavy (non-hydrogen) atoms. The molecule has 0 aliphatic heterocycles. The molecule has 1 aromatic carbocycles. The van der Waals surface area contributed by atoms with Gasteiger partial charge < -0.3 is 4.98 Å². The number of imidazole rings is 1. The van der Waals surface area contributed by atoms with Gasteiger partial charge in [-0.1, -0.05) is 18.2 Å². The van der Waals surface area contributed by atoms with Crippen LogP contribution in [-0.2, 0) is 0 Å². The summed E-state index contributed by atoms with van der Waals surface area (Å²) in [5.74, 6) is 0.737. The van der Waals surface area contributed by atoms with E-state index in [0.717, 1.165) is 44.8 Å². The van der Waals surface area contributed by atoms with E-state index >= 15 is 0 Å². The molecule has 0 bridgehead atoms. The van der Waals surface area contributed by atoms with Crippen LogP contribution < -0.4 is 0 Å². The Balaban J connectivity index is 1.71.